The molecule has 0 atom stereocenters. The first-order valence-corrected chi connectivity index (χ1v) is 5.90. The highest BCUT2D eigenvalue weighted by atomic mass is 35.5. The SMILES string of the molecule is Nc1cc(NC(=O)C2CCCC2)ccc1Cl. The van der Waals surface area contributed by atoms with Crippen LogP contribution in [0, 0.1) is 5.92 Å². The van der Waals surface area contributed by atoms with Crippen LogP contribution < -0.4 is 11.1 Å². The molecule has 0 spiro atoms. The molecule has 1 aliphatic rings. The number of carbonyl (C=O) groups is 1. The minimum Gasteiger partial charge on any atom is -0.397 e. The average molecular weight is 239 g/mol. The van der Waals surface area contributed by atoms with Gasteiger partial charge in [-0.05, 0) is 31.0 Å². The molecule has 0 aromatic heterocycles. The Morgan fingerprint density at radius 2 is 2.06 bits per heavy atom. The first kappa shape index (κ1) is 11.3. The number of nitrogen functional groups attached to an aromatic ring is 1. The summed E-state index contributed by atoms with van der Waals surface area (Å²) in [6.07, 6.45) is 4.30. The summed E-state index contributed by atoms with van der Waals surface area (Å²) in [6.45, 7) is 0. The molecule has 1 aliphatic carbocycles. The molecule has 0 unspecified atom stereocenters. The third kappa shape index (κ3) is 2.47. The van der Waals surface area contributed by atoms with E-state index in [1.54, 1.807) is 18.2 Å². The van der Waals surface area contributed by atoms with E-state index in [1.165, 1.54) is 0 Å². The summed E-state index contributed by atoms with van der Waals surface area (Å²) >= 11 is 5.81. The van der Waals surface area contributed by atoms with Gasteiger partial charge in [-0.2, -0.15) is 0 Å². The summed E-state index contributed by atoms with van der Waals surface area (Å²) in [5, 5.41) is 3.39. The Hall–Kier alpha value is -1.22. The molecule has 1 aromatic carbocycles. The second-order valence-corrected chi connectivity index (χ2v) is 4.61. The van der Waals surface area contributed by atoms with Crippen LogP contribution in [-0.2, 0) is 4.79 Å². The molecule has 0 heterocycles. The zero-order valence-electron chi connectivity index (χ0n) is 9.00. The Bertz CT molecular complexity index is 400. The lowest BCUT2D eigenvalue weighted by Crippen LogP contribution is -2.20. The minimum absolute atomic E-state index is 0.0965. The largest absolute Gasteiger partial charge is 0.397 e. The normalized spacial score (nSPS) is 16.3. The topological polar surface area (TPSA) is 55.1 Å². The third-order valence-electron chi connectivity index (χ3n) is 2.99. The summed E-state index contributed by atoms with van der Waals surface area (Å²) in [6, 6.07) is 5.15. The van der Waals surface area contributed by atoms with E-state index in [0.29, 0.717) is 10.7 Å². The molecular formula is C12H15ClN2O. The zero-order chi connectivity index (χ0) is 11.5. The number of hydrogen-bond acceptors (Lipinski definition) is 2. The highest BCUT2D eigenvalue weighted by molar-refractivity contribution is 6.33. The molecule has 0 radical (unpaired) electrons. The van der Waals surface area contributed by atoms with Crippen LogP contribution in [0.25, 0.3) is 0 Å². The number of benzene rings is 1. The Labute approximate surface area is 100.0 Å². The zero-order valence-corrected chi connectivity index (χ0v) is 9.76. The molecule has 86 valence electrons. The second kappa shape index (κ2) is 4.74. The molecule has 16 heavy (non-hydrogen) atoms. The molecule has 0 bridgehead atoms. The van der Waals surface area contributed by atoms with Crippen molar-refractivity contribution in [3.05, 3.63) is 23.2 Å². The number of hydrogen-bond donors (Lipinski definition) is 2. The Balaban J connectivity index is 2.02. The van der Waals surface area contributed by atoms with Gasteiger partial charge in [0, 0.05) is 11.6 Å². The van der Waals surface area contributed by atoms with Gasteiger partial charge in [0.2, 0.25) is 5.91 Å². The summed E-state index contributed by atoms with van der Waals surface area (Å²) in [5.74, 6) is 0.260. The van der Waals surface area contributed by atoms with Crippen molar-refractivity contribution < 1.29 is 4.79 Å². The van der Waals surface area contributed by atoms with Crippen LogP contribution in [0.2, 0.25) is 5.02 Å². The number of nitrogens with two attached hydrogens (primary N) is 1. The number of anilines is 2. The van der Waals surface area contributed by atoms with E-state index in [1.807, 2.05) is 0 Å². The summed E-state index contributed by atoms with van der Waals surface area (Å²) < 4.78 is 0. The lowest BCUT2D eigenvalue weighted by molar-refractivity contribution is -0.119. The van der Waals surface area contributed by atoms with Crippen molar-refractivity contribution in [3.8, 4) is 0 Å². The van der Waals surface area contributed by atoms with Gasteiger partial charge in [-0.15, -0.1) is 0 Å². The highest BCUT2D eigenvalue weighted by Crippen LogP contribution is 2.27. The standard InChI is InChI=1S/C12H15ClN2O/c13-10-6-5-9(7-11(10)14)15-12(16)8-3-1-2-4-8/h5-8H,1-4,14H2,(H,15,16). The van der Waals surface area contributed by atoms with Crippen molar-refractivity contribution in [2.75, 3.05) is 11.1 Å². The lowest BCUT2D eigenvalue weighted by atomic mass is 10.1. The first-order chi connectivity index (χ1) is 7.66. The van der Waals surface area contributed by atoms with E-state index >= 15 is 0 Å². The second-order valence-electron chi connectivity index (χ2n) is 4.21. The Morgan fingerprint density at radius 1 is 1.38 bits per heavy atom. The fraction of sp³-hybridized carbons (Fsp3) is 0.417. The van der Waals surface area contributed by atoms with E-state index in [9.17, 15) is 4.79 Å². The predicted molar refractivity (Wildman–Crippen MR) is 66.5 cm³/mol. The fourth-order valence-corrected chi connectivity index (χ4v) is 2.17. The van der Waals surface area contributed by atoms with Crippen molar-refractivity contribution in [2.45, 2.75) is 25.7 Å². The van der Waals surface area contributed by atoms with Gasteiger partial charge in [0.1, 0.15) is 0 Å². The first-order valence-electron chi connectivity index (χ1n) is 5.52. The van der Waals surface area contributed by atoms with Gasteiger partial charge >= 0.3 is 0 Å². The molecule has 1 aromatic rings. The number of carbonyl (C=O) groups excluding carboxylic acids is 1. The third-order valence-corrected chi connectivity index (χ3v) is 3.33. The fourth-order valence-electron chi connectivity index (χ4n) is 2.05. The van der Waals surface area contributed by atoms with Crippen LogP contribution in [0.15, 0.2) is 18.2 Å². The van der Waals surface area contributed by atoms with Crippen molar-refractivity contribution in [1.82, 2.24) is 0 Å². The van der Waals surface area contributed by atoms with Crippen LogP contribution in [0.4, 0.5) is 11.4 Å². The van der Waals surface area contributed by atoms with Crippen LogP contribution in [0.1, 0.15) is 25.7 Å². The quantitative estimate of drug-likeness (QED) is 0.778. The maximum absolute atomic E-state index is 11.8. The van der Waals surface area contributed by atoms with Crippen LogP contribution in [-0.4, -0.2) is 5.91 Å². The summed E-state index contributed by atoms with van der Waals surface area (Å²) in [4.78, 5) is 11.8. The molecule has 1 saturated carbocycles. The van der Waals surface area contributed by atoms with Crippen molar-refractivity contribution in [3.63, 3.8) is 0 Å². The molecular weight excluding hydrogens is 224 g/mol. The van der Waals surface area contributed by atoms with Gasteiger partial charge in [0.15, 0.2) is 0 Å². The van der Waals surface area contributed by atoms with E-state index < -0.39 is 0 Å². The number of halogens is 1. The molecule has 0 aliphatic heterocycles. The average Bonchev–Trinajstić information content (AvgIpc) is 2.77. The smallest absolute Gasteiger partial charge is 0.227 e. The monoisotopic (exact) mass is 238 g/mol. The molecule has 1 amide bonds. The predicted octanol–water partition coefficient (Wildman–Crippen LogP) is 3.05. The molecule has 2 rings (SSSR count). The molecule has 3 nitrogen and oxygen atoms in total. The van der Waals surface area contributed by atoms with E-state index in [0.717, 1.165) is 31.4 Å². The Morgan fingerprint density at radius 3 is 2.69 bits per heavy atom. The lowest BCUT2D eigenvalue weighted by Gasteiger charge is -2.11. The van der Waals surface area contributed by atoms with E-state index in [-0.39, 0.29) is 11.8 Å². The summed E-state index contributed by atoms with van der Waals surface area (Å²) in [5.41, 5.74) is 6.88. The Kier molecular flexibility index (Phi) is 3.34. The van der Waals surface area contributed by atoms with Gasteiger partial charge in [-0.3, -0.25) is 4.79 Å². The van der Waals surface area contributed by atoms with Crippen molar-refractivity contribution in [1.29, 1.82) is 0 Å². The number of rotatable bonds is 2. The molecule has 3 N–H and O–H groups in total. The van der Waals surface area contributed by atoms with Gasteiger partial charge in [0.25, 0.3) is 0 Å². The van der Waals surface area contributed by atoms with Crippen molar-refractivity contribution in [2.24, 2.45) is 5.92 Å². The molecule has 1 fully saturated rings. The van der Waals surface area contributed by atoms with Gasteiger partial charge in [0.05, 0.1) is 10.7 Å². The van der Waals surface area contributed by atoms with Crippen LogP contribution in [0.3, 0.4) is 0 Å². The van der Waals surface area contributed by atoms with E-state index in [4.69, 9.17) is 17.3 Å². The highest BCUT2D eigenvalue weighted by Gasteiger charge is 2.22. The maximum Gasteiger partial charge on any atom is 0.227 e. The minimum atomic E-state index is 0.0965. The summed E-state index contributed by atoms with van der Waals surface area (Å²) in [7, 11) is 0. The van der Waals surface area contributed by atoms with Gasteiger partial charge in [-0.25, -0.2) is 0 Å². The van der Waals surface area contributed by atoms with E-state index in [2.05, 4.69) is 5.32 Å². The molecule has 4 heteroatoms. The van der Waals surface area contributed by atoms with Gasteiger partial charge < -0.3 is 11.1 Å². The van der Waals surface area contributed by atoms with Gasteiger partial charge in [-0.1, -0.05) is 24.4 Å². The molecule has 0 saturated heterocycles. The number of amides is 1. The van der Waals surface area contributed by atoms with Crippen LogP contribution in [0.5, 0.6) is 0 Å². The number of nitrogens with one attached hydrogen (secondary N) is 1. The van der Waals surface area contributed by atoms with Crippen molar-refractivity contribution >= 4 is 28.9 Å². The maximum atomic E-state index is 11.8. The van der Waals surface area contributed by atoms with Crippen LogP contribution >= 0.6 is 11.6 Å².